The molecule has 0 N–H and O–H groups in total. The van der Waals surface area contributed by atoms with E-state index in [-0.39, 0.29) is 4.75 Å². The summed E-state index contributed by atoms with van der Waals surface area (Å²) >= 11 is 7.29. The van der Waals surface area contributed by atoms with Gasteiger partial charge in [-0.25, -0.2) is 0 Å². The molecule has 0 atom stereocenters. The largest absolute Gasteiger partial charge is 0.322 e. The predicted molar refractivity (Wildman–Crippen MR) is 83.3 cm³/mol. The van der Waals surface area contributed by atoms with Gasteiger partial charge in [-0.15, -0.1) is 0 Å². The second-order valence-corrected chi connectivity index (χ2v) is 12.0. The van der Waals surface area contributed by atoms with Crippen LogP contribution in [0.15, 0.2) is 0 Å². The third-order valence-electron chi connectivity index (χ3n) is 1.88. The number of unbranched alkanes of at least 4 members (excludes halogenated alkanes) is 2. The highest BCUT2D eigenvalue weighted by Crippen LogP contribution is 2.65. The molecule has 5 heteroatoms. The Balaban J connectivity index is 4.30. The standard InChI is InChI=1S/C12H27O2PS2/c1-6-8-10-13-15(16,14-11-9-7-2)17-12(3,4)5/h6-11H2,1-5H3. The van der Waals surface area contributed by atoms with Crippen LogP contribution < -0.4 is 0 Å². The highest BCUT2D eigenvalue weighted by Gasteiger charge is 2.27. The van der Waals surface area contributed by atoms with Crippen molar-refractivity contribution in [1.82, 2.24) is 0 Å². The summed E-state index contributed by atoms with van der Waals surface area (Å²) in [7, 11) is 0. The molecule has 0 aliphatic rings. The molecule has 0 bridgehead atoms. The monoisotopic (exact) mass is 298 g/mol. The maximum Gasteiger partial charge on any atom is 0.247 e. The van der Waals surface area contributed by atoms with Crippen LogP contribution in [0.1, 0.15) is 60.3 Å². The highest BCUT2D eigenvalue weighted by atomic mass is 32.9. The van der Waals surface area contributed by atoms with Gasteiger partial charge in [-0.1, -0.05) is 58.8 Å². The van der Waals surface area contributed by atoms with Crippen molar-refractivity contribution in [3.63, 3.8) is 0 Å². The quantitative estimate of drug-likeness (QED) is 0.420. The van der Waals surface area contributed by atoms with E-state index in [0.29, 0.717) is 0 Å². The van der Waals surface area contributed by atoms with Gasteiger partial charge in [-0.05, 0) is 24.6 Å². The fourth-order valence-electron chi connectivity index (χ4n) is 1.07. The molecule has 0 aromatic rings. The van der Waals surface area contributed by atoms with Crippen LogP contribution in [0, 0.1) is 0 Å². The molecule has 0 saturated heterocycles. The lowest BCUT2D eigenvalue weighted by Crippen LogP contribution is -2.09. The second-order valence-electron chi connectivity index (χ2n) is 5.02. The van der Waals surface area contributed by atoms with E-state index >= 15 is 0 Å². The number of hydrogen-bond acceptors (Lipinski definition) is 4. The van der Waals surface area contributed by atoms with Gasteiger partial charge in [-0.3, -0.25) is 0 Å². The summed E-state index contributed by atoms with van der Waals surface area (Å²) in [5.74, 6) is 0. The van der Waals surface area contributed by atoms with Crippen molar-refractivity contribution in [2.45, 2.75) is 65.0 Å². The summed E-state index contributed by atoms with van der Waals surface area (Å²) in [5.41, 5.74) is -2.15. The Labute approximate surface area is 116 Å². The van der Waals surface area contributed by atoms with E-state index in [4.69, 9.17) is 20.9 Å². The summed E-state index contributed by atoms with van der Waals surface area (Å²) in [6.07, 6.45) is 4.37. The van der Waals surface area contributed by atoms with Gasteiger partial charge in [0.1, 0.15) is 0 Å². The SMILES string of the molecule is CCCCOP(=S)(OCCCC)SC(C)(C)C. The third kappa shape index (κ3) is 10.5. The van der Waals surface area contributed by atoms with Gasteiger partial charge < -0.3 is 9.05 Å². The van der Waals surface area contributed by atoms with Gasteiger partial charge in [-0.2, -0.15) is 0 Å². The molecule has 0 radical (unpaired) electrons. The van der Waals surface area contributed by atoms with Crippen molar-refractivity contribution < 1.29 is 9.05 Å². The maximum atomic E-state index is 5.86. The van der Waals surface area contributed by atoms with Crippen LogP contribution >= 0.6 is 17.1 Å². The van der Waals surface area contributed by atoms with Gasteiger partial charge in [0.15, 0.2) is 0 Å². The zero-order chi connectivity index (χ0) is 13.4. The zero-order valence-corrected chi connectivity index (χ0v) is 14.4. The molecule has 0 aliphatic carbocycles. The minimum absolute atomic E-state index is 0.0912. The van der Waals surface area contributed by atoms with Crippen molar-refractivity contribution in [3.05, 3.63) is 0 Å². The lowest BCUT2D eigenvalue weighted by atomic mass is 10.3. The van der Waals surface area contributed by atoms with Gasteiger partial charge in [0.2, 0.25) is 5.69 Å². The molecular weight excluding hydrogens is 271 g/mol. The summed E-state index contributed by atoms with van der Waals surface area (Å²) < 4.78 is 11.8. The van der Waals surface area contributed by atoms with Crippen LogP contribution in [0.3, 0.4) is 0 Å². The van der Waals surface area contributed by atoms with Crippen LogP contribution in [-0.4, -0.2) is 18.0 Å². The lowest BCUT2D eigenvalue weighted by molar-refractivity contribution is 0.253. The van der Waals surface area contributed by atoms with Crippen LogP contribution in [-0.2, 0) is 20.9 Å². The molecular formula is C12H27O2PS2. The smallest absolute Gasteiger partial charge is 0.247 e. The molecule has 104 valence electrons. The van der Waals surface area contributed by atoms with Crippen LogP contribution in [0.4, 0.5) is 0 Å². The second kappa shape index (κ2) is 8.92. The first-order valence-corrected chi connectivity index (χ1v) is 10.5. The molecule has 0 fully saturated rings. The molecule has 17 heavy (non-hydrogen) atoms. The van der Waals surface area contributed by atoms with E-state index in [0.717, 1.165) is 38.9 Å². The molecule has 0 spiro atoms. The number of rotatable bonds is 9. The Hall–Kier alpha value is 0.920. The molecule has 0 aromatic heterocycles. The average molecular weight is 298 g/mol. The Morgan fingerprint density at radius 3 is 1.71 bits per heavy atom. The molecule has 0 amide bonds. The normalized spacial score (nSPS) is 13.0. The van der Waals surface area contributed by atoms with E-state index < -0.39 is 5.69 Å². The Morgan fingerprint density at radius 2 is 1.41 bits per heavy atom. The van der Waals surface area contributed by atoms with Crippen LogP contribution in [0.2, 0.25) is 0 Å². The van der Waals surface area contributed by atoms with E-state index in [1.54, 1.807) is 11.4 Å². The summed E-state index contributed by atoms with van der Waals surface area (Å²) in [6.45, 7) is 12.2. The molecule has 2 nitrogen and oxygen atoms in total. The maximum absolute atomic E-state index is 5.86. The van der Waals surface area contributed by atoms with E-state index in [1.165, 1.54) is 0 Å². The van der Waals surface area contributed by atoms with Crippen LogP contribution in [0.5, 0.6) is 0 Å². The first kappa shape index (κ1) is 17.9. The average Bonchev–Trinajstić information content (AvgIpc) is 2.15. The van der Waals surface area contributed by atoms with E-state index in [9.17, 15) is 0 Å². The Bertz CT molecular complexity index is 225. The highest BCUT2D eigenvalue weighted by molar-refractivity contribution is 8.68. The summed E-state index contributed by atoms with van der Waals surface area (Å²) in [5, 5.41) is 0. The zero-order valence-electron chi connectivity index (χ0n) is 11.8. The molecule has 0 unspecified atom stereocenters. The van der Waals surface area contributed by atoms with E-state index in [2.05, 4.69) is 34.6 Å². The summed E-state index contributed by atoms with van der Waals surface area (Å²) in [6, 6.07) is 0. The van der Waals surface area contributed by atoms with Crippen molar-refractivity contribution in [3.8, 4) is 0 Å². The first-order chi connectivity index (χ1) is 7.83. The molecule has 0 saturated carbocycles. The molecule has 0 aromatic carbocycles. The molecule has 0 aliphatic heterocycles. The van der Waals surface area contributed by atoms with Gasteiger partial charge in [0, 0.05) is 4.75 Å². The van der Waals surface area contributed by atoms with Gasteiger partial charge in [0.05, 0.1) is 13.2 Å². The number of hydrogen-bond donors (Lipinski definition) is 0. The minimum Gasteiger partial charge on any atom is -0.322 e. The van der Waals surface area contributed by atoms with Crippen molar-refractivity contribution >= 4 is 28.9 Å². The fourth-order valence-corrected chi connectivity index (χ4v) is 7.86. The summed E-state index contributed by atoms with van der Waals surface area (Å²) in [4.78, 5) is 0. The predicted octanol–water partition coefficient (Wildman–Crippen LogP) is 5.38. The van der Waals surface area contributed by atoms with E-state index in [1.807, 2.05) is 0 Å². The van der Waals surface area contributed by atoms with Crippen molar-refractivity contribution in [1.29, 1.82) is 0 Å². The molecule has 0 rings (SSSR count). The fraction of sp³-hybridized carbons (Fsp3) is 1.00. The van der Waals surface area contributed by atoms with Crippen molar-refractivity contribution in [2.75, 3.05) is 13.2 Å². The topological polar surface area (TPSA) is 18.5 Å². The molecule has 0 heterocycles. The van der Waals surface area contributed by atoms with Crippen LogP contribution in [0.25, 0.3) is 0 Å². The van der Waals surface area contributed by atoms with Gasteiger partial charge in [0.25, 0.3) is 0 Å². The first-order valence-electron chi connectivity index (χ1n) is 6.43. The Morgan fingerprint density at radius 1 is 1.00 bits per heavy atom. The third-order valence-corrected chi connectivity index (χ3v) is 7.90. The minimum atomic E-state index is -2.15. The van der Waals surface area contributed by atoms with Crippen molar-refractivity contribution in [2.24, 2.45) is 0 Å². The Kier molecular flexibility index (Phi) is 9.41. The lowest BCUT2D eigenvalue weighted by Gasteiger charge is -2.28. The van der Waals surface area contributed by atoms with Gasteiger partial charge >= 0.3 is 0 Å².